The van der Waals surface area contributed by atoms with E-state index in [1.54, 1.807) is 0 Å². The van der Waals surface area contributed by atoms with Crippen molar-refractivity contribution in [3.63, 3.8) is 0 Å². The lowest BCUT2D eigenvalue weighted by Crippen LogP contribution is -2.40. The summed E-state index contributed by atoms with van der Waals surface area (Å²) in [4.78, 5) is 13.8. The Morgan fingerprint density at radius 1 is 1.82 bits per heavy atom. The van der Waals surface area contributed by atoms with Crippen molar-refractivity contribution in [3.05, 3.63) is 12.2 Å². The number of aliphatic carboxylic acids is 1. The van der Waals surface area contributed by atoms with Crippen LogP contribution < -0.4 is 0 Å². The van der Waals surface area contributed by atoms with E-state index in [9.17, 15) is 9.18 Å². The quantitative estimate of drug-likeness (QED) is 0.534. The Morgan fingerprint density at radius 3 is 2.82 bits per heavy atom. The highest BCUT2D eigenvalue weighted by Crippen LogP contribution is 2.29. The zero-order chi connectivity index (χ0) is 8.48. The molecule has 1 aliphatic rings. The molecule has 3 nitrogen and oxygen atoms in total. The molecule has 0 aromatic carbocycles. The molecule has 1 rings (SSSR count). The molecule has 0 saturated heterocycles. The van der Waals surface area contributed by atoms with Crippen LogP contribution in [0.15, 0.2) is 17.1 Å². The fraction of sp³-hybridized carbons (Fsp3) is 0.333. The second-order valence-electron chi connectivity index (χ2n) is 2.07. The van der Waals surface area contributed by atoms with E-state index >= 15 is 0 Å². The smallest absolute Gasteiger partial charge is 0.329 e. The van der Waals surface area contributed by atoms with E-state index < -0.39 is 16.6 Å². The molecule has 0 saturated carbocycles. The van der Waals surface area contributed by atoms with Gasteiger partial charge in [0.15, 0.2) is 4.32 Å². The van der Waals surface area contributed by atoms with Gasteiger partial charge in [-0.25, -0.2) is 4.39 Å². The van der Waals surface area contributed by atoms with Crippen LogP contribution in [-0.2, 0) is 4.79 Å². The van der Waals surface area contributed by atoms with Crippen molar-refractivity contribution in [2.45, 2.75) is 10.6 Å². The van der Waals surface area contributed by atoms with E-state index in [4.69, 9.17) is 5.11 Å². The largest absolute Gasteiger partial charge is 0.480 e. The molecule has 2 unspecified atom stereocenters. The number of halogens is 2. The summed E-state index contributed by atoms with van der Waals surface area (Å²) in [5.41, 5.74) is 0. The molecular weight excluding hydrogens is 217 g/mol. The number of carboxylic acid groups (broad SMARTS) is 1. The zero-order valence-electron chi connectivity index (χ0n) is 5.37. The van der Waals surface area contributed by atoms with Gasteiger partial charge in [-0.3, -0.25) is 9.79 Å². The van der Waals surface area contributed by atoms with Crippen LogP contribution in [0.1, 0.15) is 0 Å². The number of allylic oxidation sites excluding steroid dienone is 1. The third-order valence-corrected chi connectivity index (χ3v) is 2.30. The van der Waals surface area contributed by atoms with E-state index in [1.807, 2.05) is 0 Å². The molecule has 0 spiro atoms. The number of hydrogen-bond acceptors (Lipinski definition) is 2. The van der Waals surface area contributed by atoms with Crippen LogP contribution in [0, 0.1) is 0 Å². The third kappa shape index (κ3) is 1.33. The lowest BCUT2D eigenvalue weighted by molar-refractivity contribution is -0.139. The van der Waals surface area contributed by atoms with E-state index in [2.05, 4.69) is 20.9 Å². The SMILES string of the molecule is O=C(O)C1(Br)C=CC=NC1F. The topological polar surface area (TPSA) is 49.7 Å². The Balaban J connectivity index is 2.94. The van der Waals surface area contributed by atoms with Gasteiger partial charge in [-0.15, -0.1) is 0 Å². The van der Waals surface area contributed by atoms with E-state index in [1.165, 1.54) is 18.4 Å². The van der Waals surface area contributed by atoms with Crippen LogP contribution in [0.4, 0.5) is 4.39 Å². The fourth-order valence-electron chi connectivity index (χ4n) is 0.669. The Labute approximate surface area is 70.8 Å². The number of dihydropyridines is 1. The minimum Gasteiger partial charge on any atom is -0.480 e. The minimum absolute atomic E-state index is 1.22. The van der Waals surface area contributed by atoms with Crippen LogP contribution in [0.25, 0.3) is 0 Å². The normalized spacial score (nSPS) is 35.6. The summed E-state index contributed by atoms with van der Waals surface area (Å²) in [5.74, 6) is -1.28. The molecule has 60 valence electrons. The second-order valence-corrected chi connectivity index (χ2v) is 3.38. The summed E-state index contributed by atoms with van der Waals surface area (Å²) < 4.78 is 11.1. The average Bonchev–Trinajstić information content (AvgIpc) is 1.95. The van der Waals surface area contributed by atoms with Crippen LogP contribution in [0.5, 0.6) is 0 Å². The molecule has 1 N–H and O–H groups in total. The maximum atomic E-state index is 12.8. The van der Waals surface area contributed by atoms with E-state index in [-0.39, 0.29) is 0 Å². The highest BCUT2D eigenvalue weighted by Gasteiger charge is 2.43. The van der Waals surface area contributed by atoms with Crippen molar-refractivity contribution in [2.75, 3.05) is 0 Å². The number of rotatable bonds is 1. The van der Waals surface area contributed by atoms with Crippen molar-refractivity contribution >= 4 is 28.1 Å². The van der Waals surface area contributed by atoms with Gasteiger partial charge in [0.2, 0.25) is 6.30 Å². The molecule has 11 heavy (non-hydrogen) atoms. The Morgan fingerprint density at radius 2 is 2.45 bits per heavy atom. The first-order chi connectivity index (χ1) is 5.07. The number of carboxylic acids is 1. The second kappa shape index (κ2) is 2.73. The molecule has 2 atom stereocenters. The van der Waals surface area contributed by atoms with Gasteiger partial charge in [0, 0.05) is 6.21 Å². The lowest BCUT2D eigenvalue weighted by atomic mass is 10.1. The predicted molar refractivity (Wildman–Crippen MR) is 41.8 cm³/mol. The molecule has 1 aliphatic heterocycles. The molecule has 0 fully saturated rings. The molecule has 1 heterocycles. The predicted octanol–water partition coefficient (Wildman–Crippen LogP) is 1.14. The van der Waals surface area contributed by atoms with Crippen molar-refractivity contribution in [3.8, 4) is 0 Å². The number of aliphatic imine (C=N–C) groups is 1. The van der Waals surface area contributed by atoms with E-state index in [0.717, 1.165) is 0 Å². The summed E-state index contributed by atoms with van der Waals surface area (Å²) in [7, 11) is 0. The van der Waals surface area contributed by atoms with Gasteiger partial charge in [-0.05, 0) is 6.08 Å². The molecular formula is C6H5BrFNO2. The minimum atomic E-state index is -1.76. The zero-order valence-corrected chi connectivity index (χ0v) is 6.95. The van der Waals surface area contributed by atoms with Gasteiger partial charge in [0.25, 0.3) is 0 Å². The van der Waals surface area contributed by atoms with Crippen LogP contribution in [0.2, 0.25) is 0 Å². The lowest BCUT2D eigenvalue weighted by Gasteiger charge is -2.21. The maximum absolute atomic E-state index is 12.8. The van der Waals surface area contributed by atoms with Crippen LogP contribution >= 0.6 is 15.9 Å². The summed E-state index contributed by atoms with van der Waals surface area (Å²) in [6.45, 7) is 0. The highest BCUT2D eigenvalue weighted by atomic mass is 79.9. The number of alkyl halides is 2. The van der Waals surface area contributed by atoms with E-state index in [0.29, 0.717) is 0 Å². The van der Waals surface area contributed by atoms with Crippen LogP contribution in [-0.4, -0.2) is 27.9 Å². The van der Waals surface area contributed by atoms with Gasteiger partial charge < -0.3 is 5.11 Å². The standard InChI is InChI=1S/C6H5BrFNO2/c7-6(5(10)11)2-1-3-9-4(6)8/h1-4H,(H,10,11). The Kier molecular flexibility index (Phi) is 2.08. The first kappa shape index (κ1) is 8.39. The van der Waals surface area contributed by atoms with Gasteiger partial charge in [0.1, 0.15) is 0 Å². The number of carbonyl (C=O) groups is 1. The maximum Gasteiger partial charge on any atom is 0.329 e. The summed E-state index contributed by atoms with van der Waals surface area (Å²) in [6, 6.07) is 0. The number of nitrogens with zero attached hydrogens (tertiary/aromatic N) is 1. The molecule has 0 amide bonds. The summed E-state index contributed by atoms with van der Waals surface area (Å²) in [6.07, 6.45) is 2.07. The average molecular weight is 222 g/mol. The molecule has 0 aromatic heterocycles. The number of hydrogen-bond donors (Lipinski definition) is 1. The first-order valence-corrected chi connectivity index (χ1v) is 3.64. The van der Waals surface area contributed by atoms with Gasteiger partial charge in [-0.2, -0.15) is 0 Å². The molecule has 0 aromatic rings. The van der Waals surface area contributed by atoms with Gasteiger partial charge in [-0.1, -0.05) is 22.0 Å². The van der Waals surface area contributed by atoms with Gasteiger partial charge >= 0.3 is 5.97 Å². The van der Waals surface area contributed by atoms with Crippen molar-refractivity contribution < 1.29 is 14.3 Å². The Hall–Kier alpha value is -0.710. The van der Waals surface area contributed by atoms with Crippen LogP contribution in [0.3, 0.4) is 0 Å². The first-order valence-electron chi connectivity index (χ1n) is 2.85. The summed E-state index contributed by atoms with van der Waals surface area (Å²) in [5, 5.41) is 8.56. The monoisotopic (exact) mass is 221 g/mol. The molecule has 0 bridgehead atoms. The Bertz CT molecular complexity index is 241. The third-order valence-electron chi connectivity index (χ3n) is 1.32. The van der Waals surface area contributed by atoms with Gasteiger partial charge in [0.05, 0.1) is 0 Å². The highest BCUT2D eigenvalue weighted by molar-refractivity contribution is 9.10. The molecule has 0 radical (unpaired) electrons. The molecule has 0 aliphatic carbocycles. The summed E-state index contributed by atoms with van der Waals surface area (Å²) >= 11 is 2.75. The fourth-order valence-corrected chi connectivity index (χ4v) is 0.940. The molecule has 5 heteroatoms. The van der Waals surface area contributed by atoms with Crippen molar-refractivity contribution in [1.82, 2.24) is 0 Å². The van der Waals surface area contributed by atoms with Crippen molar-refractivity contribution in [1.29, 1.82) is 0 Å². The van der Waals surface area contributed by atoms with Crippen molar-refractivity contribution in [2.24, 2.45) is 4.99 Å².